The third-order valence-corrected chi connectivity index (χ3v) is 4.51. The van der Waals surface area contributed by atoms with Crippen LogP contribution in [0.25, 0.3) is 0 Å². The lowest BCUT2D eigenvalue weighted by atomic mass is 10.1. The van der Waals surface area contributed by atoms with Crippen molar-refractivity contribution in [2.75, 3.05) is 24.2 Å². The van der Waals surface area contributed by atoms with Crippen LogP contribution in [0.4, 0.5) is 11.4 Å². The molecule has 0 radical (unpaired) electrons. The third kappa shape index (κ3) is 5.14. The monoisotopic (exact) mass is 405 g/mol. The molecule has 0 saturated carbocycles. The SMILES string of the molecule is CCc1ccccc1NC(=O)CN(C)C(=O)c1cccc(NC(=O)c2ccco2)c1. The van der Waals surface area contributed by atoms with Gasteiger partial charge in [-0.05, 0) is 48.4 Å². The number of hydrogen-bond donors (Lipinski definition) is 2. The lowest BCUT2D eigenvalue weighted by molar-refractivity contribution is -0.116. The largest absolute Gasteiger partial charge is 0.459 e. The highest BCUT2D eigenvalue weighted by molar-refractivity contribution is 6.04. The Balaban J connectivity index is 1.62. The van der Waals surface area contributed by atoms with Gasteiger partial charge in [0.2, 0.25) is 5.91 Å². The van der Waals surface area contributed by atoms with Crippen LogP contribution in [0.1, 0.15) is 33.4 Å². The Hall–Kier alpha value is -3.87. The second-order valence-corrected chi connectivity index (χ2v) is 6.73. The van der Waals surface area contributed by atoms with Gasteiger partial charge < -0.3 is 20.0 Å². The first-order valence-corrected chi connectivity index (χ1v) is 9.56. The van der Waals surface area contributed by atoms with Crippen molar-refractivity contribution in [3.63, 3.8) is 0 Å². The zero-order chi connectivity index (χ0) is 21.5. The lowest BCUT2D eigenvalue weighted by Crippen LogP contribution is -2.35. The van der Waals surface area contributed by atoms with Crippen LogP contribution in [0.5, 0.6) is 0 Å². The van der Waals surface area contributed by atoms with E-state index in [2.05, 4.69) is 10.6 Å². The molecule has 7 heteroatoms. The van der Waals surface area contributed by atoms with E-state index in [4.69, 9.17) is 4.42 Å². The van der Waals surface area contributed by atoms with E-state index in [1.54, 1.807) is 43.4 Å². The molecular weight excluding hydrogens is 382 g/mol. The minimum Gasteiger partial charge on any atom is -0.459 e. The van der Waals surface area contributed by atoms with Gasteiger partial charge in [0.25, 0.3) is 11.8 Å². The summed E-state index contributed by atoms with van der Waals surface area (Å²) in [5, 5.41) is 5.53. The maximum atomic E-state index is 12.7. The Labute approximate surface area is 174 Å². The summed E-state index contributed by atoms with van der Waals surface area (Å²) in [4.78, 5) is 38.6. The molecule has 0 saturated heterocycles. The van der Waals surface area contributed by atoms with E-state index in [0.717, 1.165) is 17.7 Å². The minimum absolute atomic E-state index is 0.0974. The number of para-hydroxylation sites is 1. The zero-order valence-electron chi connectivity index (χ0n) is 16.8. The average Bonchev–Trinajstić information content (AvgIpc) is 3.29. The van der Waals surface area contributed by atoms with E-state index in [1.807, 2.05) is 31.2 Å². The Kier molecular flexibility index (Phi) is 6.64. The number of rotatable bonds is 7. The number of hydrogen-bond acceptors (Lipinski definition) is 4. The van der Waals surface area contributed by atoms with Crippen LogP contribution in [0.2, 0.25) is 0 Å². The van der Waals surface area contributed by atoms with E-state index < -0.39 is 5.91 Å². The number of nitrogens with one attached hydrogen (secondary N) is 2. The van der Waals surface area contributed by atoms with Crippen molar-refractivity contribution in [2.45, 2.75) is 13.3 Å². The van der Waals surface area contributed by atoms with Gasteiger partial charge in [-0.3, -0.25) is 14.4 Å². The summed E-state index contributed by atoms with van der Waals surface area (Å²) < 4.78 is 5.06. The van der Waals surface area contributed by atoms with Gasteiger partial charge in [-0.25, -0.2) is 0 Å². The van der Waals surface area contributed by atoms with Crippen molar-refractivity contribution >= 4 is 29.1 Å². The Morgan fingerprint density at radius 1 is 0.967 bits per heavy atom. The van der Waals surface area contributed by atoms with Gasteiger partial charge in [0, 0.05) is 24.0 Å². The van der Waals surface area contributed by atoms with Crippen molar-refractivity contribution in [1.82, 2.24) is 4.90 Å². The molecule has 30 heavy (non-hydrogen) atoms. The number of likely N-dealkylation sites (N-methyl/N-ethyl adjacent to an activating group) is 1. The second kappa shape index (κ2) is 9.56. The molecule has 0 fully saturated rings. The van der Waals surface area contributed by atoms with Gasteiger partial charge in [-0.15, -0.1) is 0 Å². The molecule has 1 aromatic heterocycles. The highest BCUT2D eigenvalue weighted by atomic mass is 16.3. The summed E-state index contributed by atoms with van der Waals surface area (Å²) in [7, 11) is 1.56. The van der Waals surface area contributed by atoms with Crippen LogP contribution >= 0.6 is 0 Å². The average molecular weight is 405 g/mol. The topological polar surface area (TPSA) is 91.7 Å². The number of carbonyl (C=O) groups excluding carboxylic acids is 3. The maximum absolute atomic E-state index is 12.7. The molecule has 154 valence electrons. The molecule has 3 aromatic rings. The quantitative estimate of drug-likeness (QED) is 0.625. The van der Waals surface area contributed by atoms with Crippen molar-refractivity contribution in [3.05, 3.63) is 83.8 Å². The first-order valence-electron chi connectivity index (χ1n) is 9.56. The van der Waals surface area contributed by atoms with Crippen LogP contribution in [0, 0.1) is 0 Å². The fourth-order valence-corrected chi connectivity index (χ4v) is 2.98. The molecule has 1 heterocycles. The molecule has 3 rings (SSSR count). The van der Waals surface area contributed by atoms with Crippen molar-refractivity contribution in [3.8, 4) is 0 Å². The van der Waals surface area contributed by atoms with Crippen LogP contribution in [0.3, 0.4) is 0 Å². The summed E-state index contributed by atoms with van der Waals surface area (Å²) in [5.41, 5.74) is 2.58. The maximum Gasteiger partial charge on any atom is 0.291 e. The standard InChI is InChI=1S/C23H23N3O4/c1-3-16-8-4-5-11-19(16)25-21(27)15-26(2)23(29)17-9-6-10-18(14-17)24-22(28)20-12-7-13-30-20/h4-14H,3,15H2,1-2H3,(H,24,28)(H,25,27). The van der Waals surface area contributed by atoms with E-state index in [9.17, 15) is 14.4 Å². The summed E-state index contributed by atoms with van der Waals surface area (Å²) in [6.45, 7) is 1.91. The number of anilines is 2. The predicted molar refractivity (Wildman–Crippen MR) is 115 cm³/mol. The third-order valence-electron chi connectivity index (χ3n) is 4.51. The number of carbonyl (C=O) groups is 3. The number of aryl methyl sites for hydroxylation is 1. The fraction of sp³-hybridized carbons (Fsp3) is 0.174. The highest BCUT2D eigenvalue weighted by Crippen LogP contribution is 2.16. The number of furan rings is 1. The van der Waals surface area contributed by atoms with Gasteiger partial charge in [0.1, 0.15) is 0 Å². The van der Waals surface area contributed by atoms with Gasteiger partial charge >= 0.3 is 0 Å². The number of benzene rings is 2. The van der Waals surface area contributed by atoms with Crippen LogP contribution in [-0.4, -0.2) is 36.2 Å². The molecule has 0 unspecified atom stereocenters. The Bertz CT molecular complexity index is 1040. The molecule has 2 aromatic carbocycles. The Morgan fingerprint density at radius 2 is 1.77 bits per heavy atom. The van der Waals surface area contributed by atoms with Gasteiger partial charge in [-0.1, -0.05) is 31.2 Å². The molecule has 0 bridgehead atoms. The molecule has 0 spiro atoms. The summed E-state index contributed by atoms with van der Waals surface area (Å²) >= 11 is 0. The van der Waals surface area contributed by atoms with Crippen LogP contribution in [-0.2, 0) is 11.2 Å². The molecule has 0 aliphatic heterocycles. The van der Waals surface area contributed by atoms with Crippen molar-refractivity contribution in [1.29, 1.82) is 0 Å². The minimum atomic E-state index is -0.410. The van der Waals surface area contributed by atoms with E-state index in [1.165, 1.54) is 11.2 Å². The van der Waals surface area contributed by atoms with E-state index in [0.29, 0.717) is 11.3 Å². The first kappa shape index (κ1) is 20.9. The molecule has 7 nitrogen and oxygen atoms in total. The molecule has 2 N–H and O–H groups in total. The summed E-state index contributed by atoms with van der Waals surface area (Å²) in [5.74, 6) is -0.850. The Morgan fingerprint density at radius 3 is 2.50 bits per heavy atom. The normalized spacial score (nSPS) is 10.3. The first-order chi connectivity index (χ1) is 14.5. The molecular formula is C23H23N3O4. The van der Waals surface area contributed by atoms with Gasteiger partial charge in [0.15, 0.2) is 5.76 Å². The van der Waals surface area contributed by atoms with Gasteiger partial charge in [0.05, 0.1) is 12.8 Å². The molecule has 0 aliphatic rings. The molecule has 3 amide bonds. The van der Waals surface area contributed by atoms with E-state index >= 15 is 0 Å². The van der Waals surface area contributed by atoms with Crippen molar-refractivity contribution < 1.29 is 18.8 Å². The lowest BCUT2D eigenvalue weighted by Gasteiger charge is -2.18. The molecule has 0 aliphatic carbocycles. The molecule has 0 atom stereocenters. The van der Waals surface area contributed by atoms with Gasteiger partial charge in [-0.2, -0.15) is 0 Å². The smallest absolute Gasteiger partial charge is 0.291 e. The summed E-state index contributed by atoms with van der Waals surface area (Å²) in [6.07, 6.45) is 2.20. The highest BCUT2D eigenvalue weighted by Gasteiger charge is 2.17. The number of amides is 3. The van der Waals surface area contributed by atoms with Crippen LogP contribution < -0.4 is 10.6 Å². The van der Waals surface area contributed by atoms with Crippen molar-refractivity contribution in [2.24, 2.45) is 0 Å². The fourth-order valence-electron chi connectivity index (χ4n) is 2.98. The van der Waals surface area contributed by atoms with Crippen LogP contribution in [0.15, 0.2) is 71.3 Å². The zero-order valence-corrected chi connectivity index (χ0v) is 16.8. The summed E-state index contributed by atoms with van der Waals surface area (Å²) in [6, 6.07) is 17.3. The number of nitrogens with zero attached hydrogens (tertiary/aromatic N) is 1. The predicted octanol–water partition coefficient (Wildman–Crippen LogP) is 3.81. The van der Waals surface area contributed by atoms with E-state index in [-0.39, 0.29) is 24.1 Å². The second-order valence-electron chi connectivity index (χ2n) is 6.73.